The number of urea groups is 1. The van der Waals surface area contributed by atoms with Gasteiger partial charge in [-0.05, 0) is 48.9 Å². The van der Waals surface area contributed by atoms with E-state index in [1.165, 1.54) is 0 Å². The predicted molar refractivity (Wildman–Crippen MR) is 118 cm³/mol. The summed E-state index contributed by atoms with van der Waals surface area (Å²) < 4.78 is 29.1. The van der Waals surface area contributed by atoms with Gasteiger partial charge in [0.15, 0.2) is 0 Å². The summed E-state index contributed by atoms with van der Waals surface area (Å²) in [7, 11) is -3.79. The number of rotatable bonds is 7. The number of aromatic nitrogens is 1. The standard InChI is InChI=1S/C22H30N4O4S/c1-4-23-22(28)26-18-9-19(27)15-8-20(31(29,30)25-10-12(2)3)14-7-17(13-5-6-13)24-11-16(14)21(15)18/h7-8,11-13,18-19,25,27H,4-6,9-10H2,1-3H3,(H2,23,26,28)/t18-,19-/m1/s1. The van der Waals surface area contributed by atoms with Gasteiger partial charge in [-0.2, -0.15) is 0 Å². The van der Waals surface area contributed by atoms with Crippen LogP contribution in [0.4, 0.5) is 4.79 Å². The van der Waals surface area contributed by atoms with E-state index in [0.717, 1.165) is 24.1 Å². The van der Waals surface area contributed by atoms with E-state index in [9.17, 15) is 18.3 Å². The second-order valence-electron chi connectivity index (χ2n) is 8.86. The number of aliphatic hydroxyl groups excluding tert-OH is 1. The molecule has 1 saturated carbocycles. The van der Waals surface area contributed by atoms with Crippen molar-refractivity contribution >= 4 is 26.8 Å². The maximum Gasteiger partial charge on any atom is 0.315 e. The zero-order valence-corrected chi connectivity index (χ0v) is 18.9. The number of carbonyl (C=O) groups excluding carboxylic acids is 1. The van der Waals surface area contributed by atoms with E-state index in [4.69, 9.17) is 0 Å². The molecule has 0 bridgehead atoms. The minimum atomic E-state index is -3.79. The number of nitrogens with one attached hydrogen (secondary N) is 3. The molecule has 2 amide bonds. The highest BCUT2D eigenvalue weighted by Crippen LogP contribution is 2.46. The average Bonchev–Trinajstić information content (AvgIpc) is 3.51. The third kappa shape index (κ3) is 4.40. The molecule has 0 spiro atoms. The van der Waals surface area contributed by atoms with E-state index in [-0.39, 0.29) is 23.3 Å². The molecule has 1 fully saturated rings. The van der Waals surface area contributed by atoms with E-state index in [1.807, 2.05) is 26.8 Å². The topological polar surface area (TPSA) is 120 Å². The molecule has 31 heavy (non-hydrogen) atoms. The summed E-state index contributed by atoms with van der Waals surface area (Å²) in [6, 6.07) is 2.69. The monoisotopic (exact) mass is 446 g/mol. The number of carbonyl (C=O) groups is 1. The summed E-state index contributed by atoms with van der Waals surface area (Å²) in [5.41, 5.74) is 2.16. The Kier molecular flexibility index (Phi) is 5.93. The summed E-state index contributed by atoms with van der Waals surface area (Å²) in [5, 5.41) is 17.6. The molecule has 4 rings (SSSR count). The van der Waals surface area contributed by atoms with Crippen LogP contribution in [-0.4, -0.2) is 37.6 Å². The molecule has 168 valence electrons. The molecule has 2 aromatic rings. The highest BCUT2D eigenvalue weighted by molar-refractivity contribution is 7.89. The quantitative estimate of drug-likeness (QED) is 0.521. The van der Waals surface area contributed by atoms with E-state index in [1.54, 1.807) is 12.3 Å². The van der Waals surface area contributed by atoms with Gasteiger partial charge >= 0.3 is 6.03 Å². The Morgan fingerprint density at radius 3 is 2.65 bits per heavy atom. The first-order chi connectivity index (χ1) is 14.7. The lowest BCUT2D eigenvalue weighted by molar-refractivity contribution is 0.168. The molecule has 2 atom stereocenters. The predicted octanol–water partition coefficient (Wildman–Crippen LogP) is 2.84. The molecule has 1 aromatic carbocycles. The van der Waals surface area contributed by atoms with E-state index >= 15 is 0 Å². The number of amides is 2. The molecule has 4 N–H and O–H groups in total. The summed E-state index contributed by atoms with van der Waals surface area (Å²) in [6.07, 6.45) is 3.23. The number of benzene rings is 1. The number of fused-ring (bicyclic) bond motifs is 3. The van der Waals surface area contributed by atoms with Gasteiger partial charge in [-0.15, -0.1) is 0 Å². The van der Waals surface area contributed by atoms with Crippen molar-refractivity contribution in [3.05, 3.63) is 35.2 Å². The first-order valence-corrected chi connectivity index (χ1v) is 12.4. The molecular formula is C22H30N4O4S. The van der Waals surface area contributed by atoms with Crippen molar-refractivity contribution in [3.8, 4) is 0 Å². The lowest BCUT2D eigenvalue weighted by atomic mass is 9.99. The van der Waals surface area contributed by atoms with Crippen LogP contribution in [0.5, 0.6) is 0 Å². The molecule has 8 nitrogen and oxygen atoms in total. The average molecular weight is 447 g/mol. The number of sulfonamides is 1. The second kappa shape index (κ2) is 8.37. The van der Waals surface area contributed by atoms with Gasteiger partial charge in [-0.3, -0.25) is 4.98 Å². The van der Waals surface area contributed by atoms with Gasteiger partial charge in [0.05, 0.1) is 17.0 Å². The largest absolute Gasteiger partial charge is 0.388 e. The van der Waals surface area contributed by atoms with Crippen LogP contribution in [0.25, 0.3) is 10.8 Å². The van der Waals surface area contributed by atoms with Gasteiger partial charge in [-0.1, -0.05) is 13.8 Å². The SMILES string of the molecule is CCNC(=O)N[C@@H]1C[C@@H](O)c2cc(S(=O)(=O)NCC(C)C)c3cc(C4CC4)ncc3c21. The summed E-state index contributed by atoms with van der Waals surface area (Å²) in [6.45, 7) is 6.53. The number of hydrogen-bond donors (Lipinski definition) is 4. The maximum atomic E-state index is 13.2. The number of nitrogens with zero attached hydrogens (tertiary/aromatic N) is 1. The molecule has 2 aliphatic rings. The maximum absolute atomic E-state index is 13.2. The van der Waals surface area contributed by atoms with Crippen molar-refractivity contribution in [1.82, 2.24) is 20.3 Å². The lowest BCUT2D eigenvalue weighted by Crippen LogP contribution is -2.37. The minimum Gasteiger partial charge on any atom is -0.388 e. The first kappa shape index (κ1) is 22.0. The Labute approximate surface area is 182 Å². The first-order valence-electron chi connectivity index (χ1n) is 10.9. The van der Waals surface area contributed by atoms with Crippen molar-refractivity contribution in [3.63, 3.8) is 0 Å². The molecule has 0 aliphatic heterocycles. The molecular weight excluding hydrogens is 416 g/mol. The van der Waals surface area contributed by atoms with Gasteiger partial charge in [0, 0.05) is 48.1 Å². The Bertz CT molecular complexity index is 1110. The Balaban J connectivity index is 1.87. The number of hydrogen-bond acceptors (Lipinski definition) is 5. The second-order valence-corrected chi connectivity index (χ2v) is 10.6. The van der Waals surface area contributed by atoms with Crippen molar-refractivity contribution in [2.24, 2.45) is 5.92 Å². The van der Waals surface area contributed by atoms with Crippen molar-refractivity contribution in [2.45, 2.75) is 63.0 Å². The smallest absolute Gasteiger partial charge is 0.315 e. The van der Waals surface area contributed by atoms with Crippen LogP contribution in [0.3, 0.4) is 0 Å². The molecule has 9 heteroatoms. The Morgan fingerprint density at radius 2 is 2.00 bits per heavy atom. The van der Waals surface area contributed by atoms with E-state index in [2.05, 4.69) is 20.3 Å². The fourth-order valence-electron chi connectivity index (χ4n) is 4.15. The van der Waals surface area contributed by atoms with Gasteiger partial charge < -0.3 is 15.7 Å². The van der Waals surface area contributed by atoms with Gasteiger partial charge in [0.2, 0.25) is 10.0 Å². The molecule has 0 radical (unpaired) electrons. The highest BCUT2D eigenvalue weighted by atomic mass is 32.2. The fourth-order valence-corrected chi connectivity index (χ4v) is 5.60. The van der Waals surface area contributed by atoms with Crippen LogP contribution in [0.2, 0.25) is 0 Å². The van der Waals surface area contributed by atoms with Crippen molar-refractivity contribution in [2.75, 3.05) is 13.1 Å². The normalized spacial score (nSPS) is 20.8. The van der Waals surface area contributed by atoms with Crippen molar-refractivity contribution < 1.29 is 18.3 Å². The van der Waals surface area contributed by atoms with Crippen molar-refractivity contribution in [1.29, 1.82) is 0 Å². The van der Waals surface area contributed by atoms with Gasteiger partial charge in [0.1, 0.15) is 0 Å². The number of aliphatic hydroxyl groups is 1. The zero-order valence-electron chi connectivity index (χ0n) is 18.1. The third-order valence-corrected chi connectivity index (χ3v) is 7.32. The Hall–Kier alpha value is -2.23. The zero-order chi connectivity index (χ0) is 22.3. The van der Waals surface area contributed by atoms with Gasteiger partial charge in [-0.25, -0.2) is 17.9 Å². The van der Waals surface area contributed by atoms with Gasteiger partial charge in [0.25, 0.3) is 0 Å². The lowest BCUT2D eigenvalue weighted by Gasteiger charge is -2.19. The molecule has 2 aliphatic carbocycles. The molecule has 1 aromatic heterocycles. The van der Waals surface area contributed by atoms with E-state index in [0.29, 0.717) is 35.3 Å². The van der Waals surface area contributed by atoms with Crippen LogP contribution >= 0.6 is 0 Å². The summed E-state index contributed by atoms with van der Waals surface area (Å²) >= 11 is 0. The highest BCUT2D eigenvalue weighted by Gasteiger charge is 2.36. The summed E-state index contributed by atoms with van der Waals surface area (Å²) in [5.74, 6) is 0.530. The minimum absolute atomic E-state index is 0.156. The van der Waals surface area contributed by atoms with Crippen LogP contribution in [0, 0.1) is 5.92 Å². The van der Waals surface area contributed by atoms with Crippen LogP contribution in [0.15, 0.2) is 23.2 Å². The molecule has 1 heterocycles. The van der Waals surface area contributed by atoms with Crippen LogP contribution in [0.1, 0.15) is 74.9 Å². The fraction of sp³-hybridized carbons (Fsp3) is 0.545. The van der Waals surface area contributed by atoms with Crippen LogP contribution < -0.4 is 15.4 Å². The third-order valence-electron chi connectivity index (χ3n) is 5.85. The molecule has 0 saturated heterocycles. The Morgan fingerprint density at radius 1 is 1.26 bits per heavy atom. The van der Waals surface area contributed by atoms with E-state index < -0.39 is 22.2 Å². The molecule has 0 unspecified atom stereocenters. The summed E-state index contributed by atoms with van der Waals surface area (Å²) in [4.78, 5) is 16.9. The van der Waals surface area contributed by atoms with Crippen LogP contribution in [-0.2, 0) is 10.0 Å². The number of pyridine rings is 1.